The van der Waals surface area contributed by atoms with Crippen LogP contribution in [0.15, 0.2) is 34.4 Å². The highest BCUT2D eigenvalue weighted by molar-refractivity contribution is 5.92. The molecule has 0 radical (unpaired) electrons. The van der Waals surface area contributed by atoms with Gasteiger partial charge >= 0.3 is 12.1 Å². The van der Waals surface area contributed by atoms with Crippen molar-refractivity contribution in [3.63, 3.8) is 0 Å². The van der Waals surface area contributed by atoms with Crippen LogP contribution in [0.3, 0.4) is 0 Å². The van der Waals surface area contributed by atoms with Gasteiger partial charge in [0.1, 0.15) is 0 Å². The number of amides is 4. The zero-order valence-corrected chi connectivity index (χ0v) is 11.8. The largest absolute Gasteiger partial charge is 0.356 e. The fourth-order valence-corrected chi connectivity index (χ4v) is 1.64. The molecule has 0 saturated heterocycles. The quantitative estimate of drug-likeness (QED) is 0.570. The van der Waals surface area contributed by atoms with Crippen molar-refractivity contribution in [2.24, 2.45) is 10.1 Å². The Kier molecular flexibility index (Phi) is 4.62. The van der Waals surface area contributed by atoms with Gasteiger partial charge in [-0.3, -0.25) is 5.43 Å². The summed E-state index contributed by atoms with van der Waals surface area (Å²) in [6.45, 7) is 3.96. The van der Waals surface area contributed by atoms with Crippen molar-refractivity contribution < 1.29 is 9.59 Å². The number of carbonyl (C=O) groups excluding carboxylic acids is 2. The van der Waals surface area contributed by atoms with Gasteiger partial charge in [0, 0.05) is 6.21 Å². The van der Waals surface area contributed by atoms with Crippen LogP contribution in [0, 0.1) is 6.92 Å². The number of carbonyl (C=O) groups is 2. The highest BCUT2D eigenvalue weighted by Gasteiger charge is 2.18. The molecule has 3 N–H and O–H groups in total. The van der Waals surface area contributed by atoms with E-state index >= 15 is 0 Å². The van der Waals surface area contributed by atoms with Crippen LogP contribution in [0.1, 0.15) is 18.1 Å². The molecule has 1 aromatic rings. The Hall–Kier alpha value is -2.74. The van der Waals surface area contributed by atoms with Crippen molar-refractivity contribution in [3.05, 3.63) is 35.4 Å². The van der Waals surface area contributed by atoms with Crippen molar-refractivity contribution in [2.45, 2.75) is 13.8 Å². The second-order valence-electron chi connectivity index (χ2n) is 4.51. The summed E-state index contributed by atoms with van der Waals surface area (Å²) in [7, 11) is 0. The van der Waals surface area contributed by atoms with E-state index in [1.165, 1.54) is 11.2 Å². The van der Waals surface area contributed by atoms with Crippen LogP contribution in [-0.2, 0) is 0 Å². The minimum Gasteiger partial charge on any atom is -0.253 e. The number of nitrogens with zero attached hydrogens (tertiary/aromatic N) is 3. The second-order valence-corrected chi connectivity index (χ2v) is 4.51. The van der Waals surface area contributed by atoms with Gasteiger partial charge in [0.15, 0.2) is 0 Å². The number of aryl methyl sites for hydroxylation is 1. The second kappa shape index (κ2) is 6.62. The summed E-state index contributed by atoms with van der Waals surface area (Å²) in [4.78, 5) is 26.8. The van der Waals surface area contributed by atoms with Crippen LogP contribution in [-0.4, -0.2) is 35.5 Å². The molecule has 2 rings (SSSR count). The molecule has 1 heterocycles. The lowest BCUT2D eigenvalue weighted by atomic mass is 10.1. The van der Waals surface area contributed by atoms with E-state index < -0.39 is 12.1 Å². The molecule has 110 valence electrons. The van der Waals surface area contributed by atoms with Gasteiger partial charge < -0.3 is 0 Å². The Morgan fingerprint density at radius 3 is 2.95 bits per heavy atom. The van der Waals surface area contributed by atoms with E-state index in [2.05, 4.69) is 26.5 Å². The first-order valence-electron chi connectivity index (χ1n) is 6.32. The van der Waals surface area contributed by atoms with Crippen molar-refractivity contribution in [3.8, 4) is 0 Å². The Bertz CT molecular complexity index is 610. The molecule has 21 heavy (non-hydrogen) atoms. The van der Waals surface area contributed by atoms with E-state index in [1.54, 1.807) is 6.92 Å². The Morgan fingerprint density at radius 2 is 2.19 bits per heavy atom. The molecule has 0 aliphatic carbocycles. The lowest BCUT2D eigenvalue weighted by Crippen LogP contribution is -2.57. The first kappa shape index (κ1) is 14.7. The third kappa shape index (κ3) is 4.11. The summed E-state index contributed by atoms with van der Waals surface area (Å²) in [5.41, 5.74) is 9.67. The van der Waals surface area contributed by atoms with Gasteiger partial charge in [-0.15, -0.1) is 5.53 Å². The number of hydrazone groups is 1. The first-order chi connectivity index (χ1) is 10.1. The standard InChI is InChI=1S/C13H16N6O2/c1-9-5-3-4-6-11(9)7-14-12(20)16-18-19-8-10(2)15-17-13(19)21/h3-7,18H,8H2,1-2H3,(H,16,20)(H,17,21)/b14-7+. The van der Waals surface area contributed by atoms with Gasteiger partial charge in [-0.25, -0.2) is 25.0 Å². The molecule has 4 amide bonds. The summed E-state index contributed by atoms with van der Waals surface area (Å²) in [5, 5.41) is 4.95. The molecule has 0 spiro atoms. The van der Waals surface area contributed by atoms with Crippen molar-refractivity contribution in [2.75, 3.05) is 6.54 Å². The maximum Gasteiger partial charge on any atom is 0.356 e. The summed E-state index contributed by atoms with van der Waals surface area (Å²) in [6.07, 6.45) is 1.47. The van der Waals surface area contributed by atoms with Crippen LogP contribution in [0.4, 0.5) is 9.59 Å². The number of hydrogen-bond donors (Lipinski definition) is 3. The minimum absolute atomic E-state index is 0.271. The number of urea groups is 2. The molecule has 1 aliphatic rings. The van der Waals surface area contributed by atoms with E-state index in [0.29, 0.717) is 5.71 Å². The van der Waals surface area contributed by atoms with Crippen LogP contribution in [0.5, 0.6) is 0 Å². The Morgan fingerprint density at radius 1 is 1.43 bits per heavy atom. The summed E-state index contributed by atoms with van der Waals surface area (Å²) in [5.74, 6) is 0. The predicted molar refractivity (Wildman–Crippen MR) is 78.8 cm³/mol. The van der Waals surface area contributed by atoms with Gasteiger partial charge in [-0.05, 0) is 25.0 Å². The molecular formula is C13H16N6O2. The van der Waals surface area contributed by atoms with E-state index in [0.717, 1.165) is 11.1 Å². The molecule has 1 aromatic carbocycles. The van der Waals surface area contributed by atoms with E-state index in [4.69, 9.17) is 0 Å². The molecule has 0 saturated carbocycles. The average molecular weight is 288 g/mol. The van der Waals surface area contributed by atoms with E-state index in [-0.39, 0.29) is 6.54 Å². The molecule has 0 fully saturated rings. The summed E-state index contributed by atoms with van der Waals surface area (Å²) < 4.78 is 0. The molecule has 0 atom stereocenters. The summed E-state index contributed by atoms with van der Waals surface area (Å²) >= 11 is 0. The van der Waals surface area contributed by atoms with Gasteiger partial charge in [-0.2, -0.15) is 5.10 Å². The van der Waals surface area contributed by atoms with E-state index in [1.807, 2.05) is 31.2 Å². The lowest BCUT2D eigenvalue weighted by molar-refractivity contribution is 0.163. The predicted octanol–water partition coefficient (Wildman–Crippen LogP) is 0.944. The SMILES string of the molecule is CC1=NNC(=O)N(NNC(=O)/N=C/c2ccccc2C)C1. The molecule has 0 unspecified atom stereocenters. The molecule has 0 bridgehead atoms. The molecular weight excluding hydrogens is 272 g/mol. The number of aliphatic imine (C=N–C) groups is 1. The normalized spacial score (nSPS) is 14.9. The van der Waals surface area contributed by atoms with Crippen molar-refractivity contribution in [1.82, 2.24) is 21.4 Å². The lowest BCUT2D eigenvalue weighted by Gasteiger charge is -2.25. The molecule has 0 aromatic heterocycles. The van der Waals surface area contributed by atoms with Crippen LogP contribution >= 0.6 is 0 Å². The molecule has 8 heteroatoms. The van der Waals surface area contributed by atoms with Gasteiger partial charge in [0.05, 0.1) is 12.3 Å². The third-order valence-corrected chi connectivity index (χ3v) is 2.78. The van der Waals surface area contributed by atoms with E-state index in [9.17, 15) is 9.59 Å². The zero-order chi connectivity index (χ0) is 15.2. The Balaban J connectivity index is 1.87. The van der Waals surface area contributed by atoms with Gasteiger partial charge in [-0.1, -0.05) is 24.3 Å². The molecule has 1 aliphatic heterocycles. The number of benzene rings is 1. The highest BCUT2D eigenvalue weighted by Crippen LogP contribution is 2.03. The van der Waals surface area contributed by atoms with Crippen LogP contribution in [0.2, 0.25) is 0 Å². The van der Waals surface area contributed by atoms with Crippen molar-refractivity contribution >= 4 is 24.0 Å². The molecule has 8 nitrogen and oxygen atoms in total. The number of nitrogens with one attached hydrogen (secondary N) is 3. The monoisotopic (exact) mass is 288 g/mol. The fraction of sp³-hybridized carbons (Fsp3) is 0.231. The number of hydrogen-bond acceptors (Lipinski definition) is 4. The van der Waals surface area contributed by atoms with Crippen LogP contribution < -0.4 is 16.4 Å². The number of hydrazine groups is 2. The van der Waals surface area contributed by atoms with Gasteiger partial charge in [0.25, 0.3) is 0 Å². The first-order valence-corrected chi connectivity index (χ1v) is 6.32. The topological polar surface area (TPSA) is 98.2 Å². The van der Waals surface area contributed by atoms with Crippen LogP contribution in [0.25, 0.3) is 0 Å². The van der Waals surface area contributed by atoms with Gasteiger partial charge in [0.2, 0.25) is 0 Å². The zero-order valence-electron chi connectivity index (χ0n) is 11.8. The maximum absolute atomic E-state index is 11.6. The highest BCUT2D eigenvalue weighted by atomic mass is 16.2. The smallest absolute Gasteiger partial charge is 0.253 e. The Labute approximate surface area is 121 Å². The third-order valence-electron chi connectivity index (χ3n) is 2.78. The maximum atomic E-state index is 11.6. The minimum atomic E-state index is -0.605. The van der Waals surface area contributed by atoms with Crippen molar-refractivity contribution in [1.29, 1.82) is 0 Å². The summed E-state index contributed by atoms with van der Waals surface area (Å²) in [6, 6.07) is 6.50. The fourth-order valence-electron chi connectivity index (χ4n) is 1.64. The average Bonchev–Trinajstić information content (AvgIpc) is 2.47. The number of rotatable bonds is 3.